The van der Waals surface area contributed by atoms with E-state index in [-0.39, 0.29) is 18.3 Å². The standard InChI is InChI=1S/C23H25FN4O3/c1-17-25-22(26-31-17)16-30-21-6-3-2-5-20(21)23(29)28-12-4-11-27(13-14-28)15-18-7-9-19(24)10-8-18/h2-3,5-10H,4,11-16H2,1H3. The van der Waals surface area contributed by atoms with E-state index in [2.05, 4.69) is 15.0 Å². The topological polar surface area (TPSA) is 71.7 Å². The Morgan fingerprint density at radius 1 is 1.10 bits per heavy atom. The minimum atomic E-state index is -0.230. The minimum absolute atomic E-state index is 0.0523. The highest BCUT2D eigenvalue weighted by Gasteiger charge is 2.23. The molecule has 1 amide bonds. The number of hydrogen-bond donors (Lipinski definition) is 0. The molecule has 1 aromatic heterocycles. The summed E-state index contributed by atoms with van der Waals surface area (Å²) >= 11 is 0. The van der Waals surface area contributed by atoms with Crippen molar-refractivity contribution >= 4 is 5.91 Å². The molecule has 0 spiro atoms. The number of aryl methyl sites for hydroxylation is 1. The van der Waals surface area contributed by atoms with Gasteiger partial charge in [0, 0.05) is 39.6 Å². The van der Waals surface area contributed by atoms with Gasteiger partial charge in [0.15, 0.2) is 6.61 Å². The second-order valence-electron chi connectivity index (χ2n) is 7.56. The van der Waals surface area contributed by atoms with Crippen molar-refractivity contribution in [2.75, 3.05) is 26.2 Å². The number of carbonyl (C=O) groups is 1. The Hall–Kier alpha value is -3.26. The lowest BCUT2D eigenvalue weighted by Crippen LogP contribution is -2.35. The number of para-hydroxylation sites is 1. The molecular formula is C23H25FN4O3. The van der Waals surface area contributed by atoms with Crippen molar-refractivity contribution in [2.45, 2.75) is 26.5 Å². The number of nitrogens with zero attached hydrogens (tertiary/aromatic N) is 4. The maximum absolute atomic E-state index is 13.2. The Morgan fingerprint density at radius 3 is 2.68 bits per heavy atom. The SMILES string of the molecule is Cc1nc(COc2ccccc2C(=O)N2CCCN(Cc3ccc(F)cc3)CC2)no1. The van der Waals surface area contributed by atoms with Crippen LogP contribution in [0.25, 0.3) is 0 Å². The van der Waals surface area contributed by atoms with E-state index in [1.165, 1.54) is 12.1 Å². The quantitative estimate of drug-likeness (QED) is 0.604. The number of amides is 1. The fourth-order valence-corrected chi connectivity index (χ4v) is 3.66. The molecule has 1 fully saturated rings. The molecule has 2 aromatic carbocycles. The summed E-state index contributed by atoms with van der Waals surface area (Å²) in [5, 5.41) is 3.82. The molecule has 1 saturated heterocycles. The van der Waals surface area contributed by atoms with Gasteiger partial charge in [-0.25, -0.2) is 4.39 Å². The molecular weight excluding hydrogens is 399 g/mol. The third kappa shape index (κ3) is 5.46. The third-order valence-electron chi connectivity index (χ3n) is 5.24. The first-order valence-corrected chi connectivity index (χ1v) is 10.4. The first kappa shape index (κ1) is 21.0. The van der Waals surface area contributed by atoms with Gasteiger partial charge in [-0.15, -0.1) is 0 Å². The van der Waals surface area contributed by atoms with Crippen molar-refractivity contribution in [1.29, 1.82) is 0 Å². The van der Waals surface area contributed by atoms with E-state index in [9.17, 15) is 9.18 Å². The largest absolute Gasteiger partial charge is 0.485 e. The molecule has 0 N–H and O–H groups in total. The number of benzene rings is 2. The lowest BCUT2D eigenvalue weighted by atomic mass is 10.1. The molecule has 0 unspecified atom stereocenters. The number of hydrogen-bond acceptors (Lipinski definition) is 6. The van der Waals surface area contributed by atoms with Gasteiger partial charge < -0.3 is 14.2 Å². The van der Waals surface area contributed by atoms with Gasteiger partial charge in [0.05, 0.1) is 5.56 Å². The Balaban J connectivity index is 1.38. The van der Waals surface area contributed by atoms with Crippen molar-refractivity contribution in [2.24, 2.45) is 0 Å². The summed E-state index contributed by atoms with van der Waals surface area (Å²) in [5.74, 6) is 1.13. The predicted octanol–water partition coefficient (Wildman–Crippen LogP) is 3.44. The number of halogens is 1. The third-order valence-corrected chi connectivity index (χ3v) is 5.24. The van der Waals surface area contributed by atoms with Crippen molar-refractivity contribution in [3.05, 3.63) is 77.2 Å². The summed E-state index contributed by atoms with van der Waals surface area (Å²) in [5.41, 5.74) is 1.59. The highest BCUT2D eigenvalue weighted by Crippen LogP contribution is 2.22. The molecule has 0 radical (unpaired) electrons. The van der Waals surface area contributed by atoms with Gasteiger partial charge in [-0.1, -0.05) is 29.4 Å². The van der Waals surface area contributed by atoms with Crippen LogP contribution in [0.4, 0.5) is 4.39 Å². The minimum Gasteiger partial charge on any atom is -0.485 e. The molecule has 7 nitrogen and oxygen atoms in total. The molecule has 8 heteroatoms. The number of aromatic nitrogens is 2. The molecule has 3 aromatic rings. The van der Waals surface area contributed by atoms with Crippen molar-refractivity contribution in [1.82, 2.24) is 19.9 Å². The lowest BCUT2D eigenvalue weighted by molar-refractivity contribution is 0.0756. The molecule has 4 rings (SSSR count). The molecule has 0 aliphatic carbocycles. The van der Waals surface area contributed by atoms with Gasteiger partial charge in [0.1, 0.15) is 11.6 Å². The summed E-state index contributed by atoms with van der Waals surface area (Å²) in [6.07, 6.45) is 0.873. The van der Waals surface area contributed by atoms with Crippen molar-refractivity contribution in [3.63, 3.8) is 0 Å². The molecule has 162 valence electrons. The van der Waals surface area contributed by atoms with Crippen LogP contribution in [0.3, 0.4) is 0 Å². The maximum Gasteiger partial charge on any atom is 0.257 e. The summed E-state index contributed by atoms with van der Waals surface area (Å²) in [4.78, 5) is 21.5. The van der Waals surface area contributed by atoms with Gasteiger partial charge in [-0.05, 0) is 36.2 Å². The van der Waals surface area contributed by atoms with Crippen LogP contribution in [-0.4, -0.2) is 52.0 Å². The zero-order valence-electron chi connectivity index (χ0n) is 17.5. The Labute approximate surface area is 180 Å². The van der Waals surface area contributed by atoms with Gasteiger partial charge in [0.2, 0.25) is 11.7 Å². The second kappa shape index (κ2) is 9.70. The fourth-order valence-electron chi connectivity index (χ4n) is 3.66. The number of ether oxygens (including phenoxy) is 1. The normalized spacial score (nSPS) is 15.0. The van der Waals surface area contributed by atoms with Gasteiger partial charge in [-0.3, -0.25) is 9.69 Å². The van der Waals surface area contributed by atoms with Crippen LogP contribution in [0.15, 0.2) is 53.1 Å². The van der Waals surface area contributed by atoms with Crippen LogP contribution >= 0.6 is 0 Å². The molecule has 1 aliphatic heterocycles. The van der Waals surface area contributed by atoms with Crippen LogP contribution in [0.5, 0.6) is 5.75 Å². The van der Waals surface area contributed by atoms with E-state index in [4.69, 9.17) is 9.26 Å². The number of rotatable bonds is 6. The van der Waals surface area contributed by atoms with Crippen LogP contribution in [0, 0.1) is 12.7 Å². The Morgan fingerprint density at radius 2 is 1.90 bits per heavy atom. The van der Waals surface area contributed by atoms with E-state index in [0.717, 1.165) is 31.6 Å². The Bertz CT molecular complexity index is 1020. The van der Waals surface area contributed by atoms with Gasteiger partial charge >= 0.3 is 0 Å². The molecule has 1 aliphatic rings. The summed E-state index contributed by atoms with van der Waals surface area (Å²) in [7, 11) is 0. The fraction of sp³-hybridized carbons (Fsp3) is 0.348. The van der Waals surface area contributed by atoms with E-state index in [0.29, 0.717) is 36.1 Å². The van der Waals surface area contributed by atoms with E-state index in [1.54, 1.807) is 19.1 Å². The molecule has 0 bridgehead atoms. The Kier molecular flexibility index (Phi) is 6.57. The average Bonchev–Trinajstić information content (AvgIpc) is 3.06. The average molecular weight is 424 g/mol. The summed E-state index contributed by atoms with van der Waals surface area (Å²) < 4.78 is 23.9. The number of carbonyl (C=O) groups excluding carboxylic acids is 1. The predicted molar refractivity (Wildman–Crippen MR) is 112 cm³/mol. The first-order valence-electron chi connectivity index (χ1n) is 10.4. The van der Waals surface area contributed by atoms with Crippen LogP contribution in [0.2, 0.25) is 0 Å². The smallest absolute Gasteiger partial charge is 0.257 e. The summed E-state index contributed by atoms with van der Waals surface area (Å²) in [6.45, 7) is 5.53. The molecule has 0 saturated carbocycles. The highest BCUT2D eigenvalue weighted by atomic mass is 19.1. The monoisotopic (exact) mass is 424 g/mol. The maximum atomic E-state index is 13.2. The van der Waals surface area contributed by atoms with Gasteiger partial charge in [0.25, 0.3) is 5.91 Å². The molecule has 2 heterocycles. The summed E-state index contributed by atoms with van der Waals surface area (Å²) in [6, 6.07) is 13.8. The van der Waals surface area contributed by atoms with Crippen LogP contribution < -0.4 is 4.74 Å². The van der Waals surface area contributed by atoms with Crippen LogP contribution in [-0.2, 0) is 13.2 Å². The zero-order chi connectivity index (χ0) is 21.6. The second-order valence-corrected chi connectivity index (χ2v) is 7.56. The van der Waals surface area contributed by atoms with Crippen LogP contribution in [0.1, 0.15) is 34.1 Å². The lowest BCUT2D eigenvalue weighted by Gasteiger charge is -2.23. The van der Waals surface area contributed by atoms with Crippen molar-refractivity contribution in [3.8, 4) is 5.75 Å². The molecule has 31 heavy (non-hydrogen) atoms. The molecule has 0 atom stereocenters. The van der Waals surface area contributed by atoms with E-state index >= 15 is 0 Å². The van der Waals surface area contributed by atoms with Gasteiger partial charge in [-0.2, -0.15) is 4.98 Å². The van der Waals surface area contributed by atoms with E-state index in [1.807, 2.05) is 29.2 Å². The van der Waals surface area contributed by atoms with Crippen molar-refractivity contribution < 1.29 is 18.4 Å². The highest BCUT2D eigenvalue weighted by molar-refractivity contribution is 5.97. The first-order chi connectivity index (χ1) is 15.1. The zero-order valence-corrected chi connectivity index (χ0v) is 17.5. The van der Waals surface area contributed by atoms with E-state index < -0.39 is 0 Å².